The Bertz CT molecular complexity index is 779. The highest BCUT2D eigenvalue weighted by atomic mass is 16.5. The van der Waals surface area contributed by atoms with Gasteiger partial charge in [-0.1, -0.05) is 0 Å². The minimum atomic E-state index is -1.20. The van der Waals surface area contributed by atoms with Crippen LogP contribution in [0.15, 0.2) is 18.2 Å². The van der Waals surface area contributed by atoms with Crippen LogP contribution in [0.4, 0.5) is 0 Å². The van der Waals surface area contributed by atoms with Crippen molar-refractivity contribution in [3.8, 4) is 11.5 Å². The van der Waals surface area contributed by atoms with Crippen LogP contribution < -0.4 is 10.1 Å². The van der Waals surface area contributed by atoms with Gasteiger partial charge in [0.05, 0.1) is 14.2 Å². The molecular weight excluding hydrogens is 340 g/mol. The number of imide groups is 1. The van der Waals surface area contributed by atoms with Crippen molar-refractivity contribution in [2.75, 3.05) is 20.8 Å². The molecule has 2 amide bonds. The van der Waals surface area contributed by atoms with Crippen LogP contribution in [0.25, 0.3) is 0 Å². The number of phenolic OH excluding ortho intramolecular Hbond substituents is 1. The van der Waals surface area contributed by atoms with Crippen molar-refractivity contribution in [3.05, 3.63) is 23.8 Å². The predicted octanol–water partition coefficient (Wildman–Crippen LogP) is -0.428. The molecule has 1 aromatic carbocycles. The molecular formula is C18H23N2O6+. The van der Waals surface area contributed by atoms with Gasteiger partial charge in [-0.15, -0.1) is 0 Å². The van der Waals surface area contributed by atoms with Gasteiger partial charge < -0.3 is 19.9 Å². The molecule has 4 atom stereocenters. The number of phenols is 1. The first-order chi connectivity index (χ1) is 12.3. The van der Waals surface area contributed by atoms with E-state index in [4.69, 9.17) is 9.47 Å². The molecule has 0 aromatic heterocycles. The number of ether oxygens (including phenoxy) is 2. The number of likely N-dealkylation sites (tertiary alicyclic amines) is 1. The average Bonchev–Trinajstić information content (AvgIpc) is 3.09. The van der Waals surface area contributed by atoms with E-state index in [0.29, 0.717) is 5.56 Å². The van der Waals surface area contributed by atoms with Gasteiger partial charge in [0.15, 0.2) is 11.5 Å². The summed E-state index contributed by atoms with van der Waals surface area (Å²) in [7, 11) is 2.70. The van der Waals surface area contributed by atoms with Gasteiger partial charge in [0.2, 0.25) is 17.4 Å². The maximum absolute atomic E-state index is 12.9. The molecule has 0 unspecified atom stereocenters. The maximum Gasteiger partial charge on any atom is 0.368 e. The fraction of sp³-hybridized carbons (Fsp3) is 0.500. The van der Waals surface area contributed by atoms with E-state index < -0.39 is 29.4 Å². The lowest BCUT2D eigenvalue weighted by Crippen LogP contribution is -2.97. The molecule has 0 spiro atoms. The molecule has 2 aliphatic rings. The minimum Gasteiger partial charge on any atom is -0.504 e. The molecule has 3 N–H and O–H groups in total. The first-order valence-electron chi connectivity index (χ1n) is 8.46. The van der Waals surface area contributed by atoms with E-state index in [1.807, 2.05) is 0 Å². The number of methoxy groups -OCH3 is 2. The lowest BCUT2D eigenvalue weighted by Gasteiger charge is -2.25. The average molecular weight is 363 g/mol. The van der Waals surface area contributed by atoms with Gasteiger partial charge in [-0.05, 0) is 25.1 Å². The van der Waals surface area contributed by atoms with E-state index in [9.17, 15) is 19.5 Å². The minimum absolute atomic E-state index is 0.0227. The summed E-state index contributed by atoms with van der Waals surface area (Å²) >= 11 is 0. The molecule has 2 heterocycles. The van der Waals surface area contributed by atoms with Crippen LogP contribution in [0.3, 0.4) is 0 Å². The fourth-order valence-corrected chi connectivity index (χ4v) is 4.26. The molecule has 2 fully saturated rings. The predicted molar refractivity (Wildman–Crippen MR) is 89.1 cm³/mol. The smallest absolute Gasteiger partial charge is 0.368 e. The summed E-state index contributed by atoms with van der Waals surface area (Å²) in [5.41, 5.74) is -0.507. The Morgan fingerprint density at radius 1 is 1.31 bits per heavy atom. The topological polar surface area (TPSA) is 110 Å². The second-order valence-electron chi connectivity index (χ2n) is 6.82. The number of esters is 1. The number of nitrogens with two attached hydrogens (primary N) is 1. The largest absolute Gasteiger partial charge is 0.504 e. The molecule has 2 saturated heterocycles. The molecule has 3 rings (SSSR count). The van der Waals surface area contributed by atoms with Gasteiger partial charge in [-0.2, -0.15) is 0 Å². The number of amides is 2. The summed E-state index contributed by atoms with van der Waals surface area (Å²) in [4.78, 5) is 39.4. The lowest BCUT2D eigenvalue weighted by atomic mass is 9.80. The number of hydrogen-bond acceptors (Lipinski definition) is 6. The van der Waals surface area contributed by atoms with E-state index in [0.717, 1.165) is 0 Å². The molecule has 8 nitrogen and oxygen atoms in total. The number of aromatic hydroxyl groups is 1. The summed E-state index contributed by atoms with van der Waals surface area (Å²) in [5, 5.41) is 11.6. The molecule has 0 radical (unpaired) electrons. The Morgan fingerprint density at radius 2 is 2.00 bits per heavy atom. The van der Waals surface area contributed by atoms with Crippen LogP contribution in [0.2, 0.25) is 0 Å². The molecule has 0 bridgehead atoms. The highest BCUT2D eigenvalue weighted by Crippen LogP contribution is 2.45. The summed E-state index contributed by atoms with van der Waals surface area (Å²) in [5.74, 6) is -2.41. The van der Waals surface area contributed by atoms with Crippen molar-refractivity contribution < 1.29 is 34.3 Å². The number of fused-ring (bicyclic) bond motifs is 1. The summed E-state index contributed by atoms with van der Waals surface area (Å²) in [6.07, 6.45) is 0. The zero-order chi connectivity index (χ0) is 19.2. The molecule has 140 valence electrons. The van der Waals surface area contributed by atoms with Crippen molar-refractivity contribution in [1.29, 1.82) is 0 Å². The molecule has 0 saturated carbocycles. The lowest BCUT2D eigenvalue weighted by molar-refractivity contribution is -0.731. The van der Waals surface area contributed by atoms with Gasteiger partial charge in [0.25, 0.3) is 0 Å². The van der Waals surface area contributed by atoms with Crippen molar-refractivity contribution in [2.45, 2.75) is 25.4 Å². The number of nitrogens with zero attached hydrogens (tertiary/aromatic N) is 1. The highest BCUT2D eigenvalue weighted by Gasteiger charge is 2.70. The quantitative estimate of drug-likeness (QED) is 0.555. The normalized spacial score (nSPS) is 30.5. The molecule has 0 aliphatic carbocycles. The van der Waals surface area contributed by atoms with Gasteiger partial charge in [0.1, 0.15) is 17.9 Å². The standard InChI is InChI=1S/C18H22N2O6/c1-5-20-15(22)12-13(16(20)23)18(2,17(24)26-4)19-14(12)9-6-7-10(21)11(8-9)25-3/h6-8,12-14,19,21H,5H2,1-4H3/p+1/t12-,13+,14+,18-/m1/s1. The molecule has 1 aromatic rings. The Morgan fingerprint density at radius 3 is 2.58 bits per heavy atom. The Kier molecular flexibility index (Phi) is 4.39. The first-order valence-corrected chi connectivity index (χ1v) is 8.46. The van der Waals surface area contributed by atoms with Crippen LogP contribution in [-0.2, 0) is 19.1 Å². The molecule has 2 aliphatic heterocycles. The van der Waals surface area contributed by atoms with E-state index in [1.165, 1.54) is 25.2 Å². The SMILES string of the molecule is CCN1C(=O)[C@@H]2[C@@H](C1=O)[C@](C)(C(=O)OC)[NH2+][C@H]2c1ccc(O)c(OC)c1. The maximum atomic E-state index is 12.9. The first kappa shape index (κ1) is 18.2. The third kappa shape index (κ3) is 2.36. The second-order valence-corrected chi connectivity index (χ2v) is 6.82. The van der Waals surface area contributed by atoms with Crippen LogP contribution in [0.1, 0.15) is 25.5 Å². The highest BCUT2D eigenvalue weighted by molar-refractivity contribution is 6.08. The molecule has 26 heavy (non-hydrogen) atoms. The Hall–Kier alpha value is -2.61. The van der Waals surface area contributed by atoms with Crippen LogP contribution in [0, 0.1) is 11.8 Å². The monoisotopic (exact) mass is 363 g/mol. The van der Waals surface area contributed by atoms with Crippen LogP contribution in [0.5, 0.6) is 11.5 Å². The summed E-state index contributed by atoms with van der Waals surface area (Å²) in [6, 6.07) is 4.31. The zero-order valence-corrected chi connectivity index (χ0v) is 15.2. The van der Waals surface area contributed by atoms with E-state index in [1.54, 1.807) is 31.3 Å². The summed E-state index contributed by atoms with van der Waals surface area (Å²) < 4.78 is 10.1. The van der Waals surface area contributed by atoms with E-state index in [2.05, 4.69) is 0 Å². The van der Waals surface area contributed by atoms with Gasteiger partial charge in [0, 0.05) is 19.0 Å². The van der Waals surface area contributed by atoms with Crippen molar-refractivity contribution >= 4 is 17.8 Å². The second kappa shape index (κ2) is 6.28. The number of carbonyl (C=O) groups is 3. The van der Waals surface area contributed by atoms with E-state index >= 15 is 0 Å². The van der Waals surface area contributed by atoms with E-state index in [-0.39, 0.29) is 29.9 Å². The van der Waals surface area contributed by atoms with Gasteiger partial charge >= 0.3 is 5.97 Å². The Balaban J connectivity index is 2.11. The number of rotatable bonds is 4. The third-order valence-electron chi connectivity index (χ3n) is 5.53. The third-order valence-corrected chi connectivity index (χ3v) is 5.53. The number of carbonyl (C=O) groups excluding carboxylic acids is 3. The van der Waals surface area contributed by atoms with Crippen molar-refractivity contribution in [2.24, 2.45) is 11.8 Å². The number of benzene rings is 1. The Labute approximate surface area is 151 Å². The fourth-order valence-electron chi connectivity index (χ4n) is 4.26. The number of hydrogen-bond donors (Lipinski definition) is 2. The van der Waals surface area contributed by atoms with Crippen LogP contribution >= 0.6 is 0 Å². The van der Waals surface area contributed by atoms with Crippen LogP contribution in [-0.4, -0.2) is 54.1 Å². The van der Waals surface area contributed by atoms with Crippen molar-refractivity contribution in [3.63, 3.8) is 0 Å². The van der Waals surface area contributed by atoms with Gasteiger partial charge in [-0.3, -0.25) is 14.5 Å². The molecule has 8 heteroatoms. The van der Waals surface area contributed by atoms with Crippen molar-refractivity contribution in [1.82, 2.24) is 4.90 Å². The zero-order valence-electron chi connectivity index (χ0n) is 15.2. The number of quaternary nitrogens is 1. The van der Waals surface area contributed by atoms with Gasteiger partial charge in [-0.25, -0.2) is 4.79 Å². The summed E-state index contributed by atoms with van der Waals surface area (Å²) in [6.45, 7) is 3.63.